The molecule has 0 radical (unpaired) electrons. The maximum Gasteiger partial charge on any atom is 0.0642 e. The summed E-state index contributed by atoms with van der Waals surface area (Å²) in [7, 11) is 0. The molecule has 0 spiro atoms. The second kappa shape index (κ2) is 6.15. The van der Waals surface area contributed by atoms with Crippen LogP contribution in [0.15, 0.2) is 18.2 Å². The molecule has 2 saturated heterocycles. The van der Waals surface area contributed by atoms with Gasteiger partial charge in [0.25, 0.3) is 0 Å². The van der Waals surface area contributed by atoms with Crippen molar-refractivity contribution in [2.24, 2.45) is 5.73 Å². The molecule has 2 fully saturated rings. The minimum atomic E-state index is 0.158. The van der Waals surface area contributed by atoms with Crippen molar-refractivity contribution in [1.82, 2.24) is 4.90 Å². The normalized spacial score (nSPS) is 27.7. The van der Waals surface area contributed by atoms with Crippen molar-refractivity contribution < 1.29 is 0 Å². The standard InChI is InChI=1S/C17H26ClN3/c1-12(19)9-14-5-3-7-16(18)17(14)21-11-15-6-4-8-20(15)10-13(21)2/h3,5,7,12-13,15H,4,6,8-11,19H2,1-2H3. The molecule has 0 aliphatic carbocycles. The van der Waals surface area contributed by atoms with Crippen molar-refractivity contribution in [3.8, 4) is 0 Å². The Hall–Kier alpha value is -0.770. The second-order valence-electron chi connectivity index (χ2n) is 6.72. The zero-order chi connectivity index (χ0) is 15.0. The Kier molecular flexibility index (Phi) is 4.43. The zero-order valence-electron chi connectivity index (χ0n) is 13.1. The topological polar surface area (TPSA) is 32.5 Å². The van der Waals surface area contributed by atoms with Crippen molar-refractivity contribution >= 4 is 17.3 Å². The van der Waals surface area contributed by atoms with Crippen LogP contribution in [-0.2, 0) is 6.42 Å². The van der Waals surface area contributed by atoms with Gasteiger partial charge in [0.15, 0.2) is 0 Å². The Labute approximate surface area is 133 Å². The van der Waals surface area contributed by atoms with Crippen LogP contribution in [0.1, 0.15) is 32.3 Å². The Morgan fingerprint density at radius 2 is 2.19 bits per heavy atom. The maximum absolute atomic E-state index is 6.56. The molecule has 1 aromatic carbocycles. The molecule has 3 rings (SSSR count). The van der Waals surface area contributed by atoms with Gasteiger partial charge in [0.1, 0.15) is 0 Å². The molecule has 4 heteroatoms. The highest BCUT2D eigenvalue weighted by Gasteiger charge is 2.35. The van der Waals surface area contributed by atoms with E-state index in [-0.39, 0.29) is 6.04 Å². The lowest BCUT2D eigenvalue weighted by Gasteiger charge is -2.44. The quantitative estimate of drug-likeness (QED) is 0.932. The molecule has 1 aromatic rings. The van der Waals surface area contributed by atoms with E-state index >= 15 is 0 Å². The molecule has 116 valence electrons. The Morgan fingerprint density at radius 3 is 2.95 bits per heavy atom. The first-order valence-corrected chi connectivity index (χ1v) is 8.47. The maximum atomic E-state index is 6.56. The van der Waals surface area contributed by atoms with E-state index in [1.54, 1.807) is 0 Å². The fraction of sp³-hybridized carbons (Fsp3) is 0.647. The van der Waals surface area contributed by atoms with Gasteiger partial charge in [-0.05, 0) is 51.3 Å². The monoisotopic (exact) mass is 307 g/mol. The number of fused-ring (bicyclic) bond motifs is 1. The molecule has 0 amide bonds. The smallest absolute Gasteiger partial charge is 0.0642 e. The number of hydrogen-bond donors (Lipinski definition) is 1. The fourth-order valence-corrected chi connectivity index (χ4v) is 4.19. The van der Waals surface area contributed by atoms with Gasteiger partial charge in [-0.1, -0.05) is 23.7 Å². The van der Waals surface area contributed by atoms with Gasteiger partial charge in [0, 0.05) is 31.2 Å². The van der Waals surface area contributed by atoms with Gasteiger partial charge in [-0.25, -0.2) is 0 Å². The molecule has 3 nitrogen and oxygen atoms in total. The van der Waals surface area contributed by atoms with E-state index in [2.05, 4.69) is 29.7 Å². The van der Waals surface area contributed by atoms with Gasteiger partial charge < -0.3 is 10.6 Å². The number of para-hydroxylation sites is 1. The van der Waals surface area contributed by atoms with Crippen LogP contribution in [0.3, 0.4) is 0 Å². The van der Waals surface area contributed by atoms with Crippen LogP contribution < -0.4 is 10.6 Å². The first-order chi connectivity index (χ1) is 10.1. The van der Waals surface area contributed by atoms with E-state index in [9.17, 15) is 0 Å². The van der Waals surface area contributed by atoms with Gasteiger partial charge in [0.05, 0.1) is 10.7 Å². The Bertz CT molecular complexity index is 503. The van der Waals surface area contributed by atoms with Crippen LogP contribution in [0.25, 0.3) is 0 Å². The summed E-state index contributed by atoms with van der Waals surface area (Å²) in [5, 5.41) is 0.867. The number of anilines is 1. The van der Waals surface area contributed by atoms with E-state index in [0.29, 0.717) is 12.1 Å². The summed E-state index contributed by atoms with van der Waals surface area (Å²) in [6.07, 6.45) is 3.53. The van der Waals surface area contributed by atoms with Crippen molar-refractivity contribution in [3.05, 3.63) is 28.8 Å². The van der Waals surface area contributed by atoms with E-state index in [0.717, 1.165) is 24.5 Å². The number of nitrogens with zero attached hydrogens (tertiary/aromatic N) is 2. The molecular formula is C17H26ClN3. The molecule has 0 saturated carbocycles. The highest BCUT2D eigenvalue weighted by molar-refractivity contribution is 6.33. The first kappa shape index (κ1) is 15.1. The van der Waals surface area contributed by atoms with Gasteiger partial charge in [0.2, 0.25) is 0 Å². The second-order valence-corrected chi connectivity index (χ2v) is 7.13. The van der Waals surface area contributed by atoms with Gasteiger partial charge in [-0.15, -0.1) is 0 Å². The number of benzene rings is 1. The summed E-state index contributed by atoms with van der Waals surface area (Å²) in [6, 6.07) is 7.59. The minimum absolute atomic E-state index is 0.158. The fourth-order valence-electron chi connectivity index (χ4n) is 3.89. The number of nitrogens with two attached hydrogens (primary N) is 1. The van der Waals surface area contributed by atoms with Crippen LogP contribution in [0.2, 0.25) is 5.02 Å². The summed E-state index contributed by atoms with van der Waals surface area (Å²) in [5.41, 5.74) is 8.53. The van der Waals surface area contributed by atoms with E-state index in [1.807, 2.05) is 12.1 Å². The van der Waals surface area contributed by atoms with Gasteiger partial charge >= 0.3 is 0 Å². The molecule has 0 bridgehead atoms. The number of hydrogen-bond acceptors (Lipinski definition) is 3. The van der Waals surface area contributed by atoms with Crippen molar-refractivity contribution in [1.29, 1.82) is 0 Å². The molecule has 2 aliphatic heterocycles. The van der Waals surface area contributed by atoms with E-state index in [1.165, 1.54) is 30.6 Å². The number of rotatable bonds is 3. The Morgan fingerprint density at radius 1 is 1.38 bits per heavy atom. The van der Waals surface area contributed by atoms with Crippen molar-refractivity contribution in [3.63, 3.8) is 0 Å². The SMILES string of the molecule is CC(N)Cc1cccc(Cl)c1N1CC2CCCN2CC1C. The van der Waals surface area contributed by atoms with Crippen LogP contribution in [0.5, 0.6) is 0 Å². The zero-order valence-corrected chi connectivity index (χ0v) is 13.8. The molecule has 3 unspecified atom stereocenters. The summed E-state index contributed by atoms with van der Waals surface area (Å²) in [4.78, 5) is 5.16. The highest BCUT2D eigenvalue weighted by Crippen LogP contribution is 2.36. The Balaban J connectivity index is 1.91. The molecule has 2 N–H and O–H groups in total. The molecule has 2 aliphatic rings. The summed E-state index contributed by atoms with van der Waals surface area (Å²) < 4.78 is 0. The third kappa shape index (κ3) is 3.05. The lowest BCUT2D eigenvalue weighted by atomic mass is 10.0. The molecule has 0 aromatic heterocycles. The predicted molar refractivity (Wildman–Crippen MR) is 90.2 cm³/mol. The lowest BCUT2D eigenvalue weighted by molar-refractivity contribution is 0.203. The van der Waals surface area contributed by atoms with Crippen LogP contribution in [0.4, 0.5) is 5.69 Å². The summed E-state index contributed by atoms with van der Waals surface area (Å²) >= 11 is 6.56. The molecular weight excluding hydrogens is 282 g/mol. The number of halogens is 1. The van der Waals surface area contributed by atoms with Crippen LogP contribution >= 0.6 is 11.6 Å². The average molecular weight is 308 g/mol. The average Bonchev–Trinajstić information content (AvgIpc) is 2.85. The minimum Gasteiger partial charge on any atom is -0.365 e. The lowest BCUT2D eigenvalue weighted by Crippen LogP contribution is -2.55. The predicted octanol–water partition coefficient (Wildman–Crippen LogP) is 2.90. The van der Waals surface area contributed by atoms with Gasteiger partial charge in [-0.3, -0.25) is 4.90 Å². The molecule has 3 atom stereocenters. The van der Waals surface area contributed by atoms with E-state index < -0.39 is 0 Å². The largest absolute Gasteiger partial charge is 0.365 e. The van der Waals surface area contributed by atoms with Gasteiger partial charge in [-0.2, -0.15) is 0 Å². The van der Waals surface area contributed by atoms with Crippen molar-refractivity contribution in [2.45, 2.75) is 51.2 Å². The third-order valence-corrected chi connectivity index (χ3v) is 5.14. The molecule has 21 heavy (non-hydrogen) atoms. The van der Waals surface area contributed by atoms with Crippen LogP contribution in [0, 0.1) is 0 Å². The van der Waals surface area contributed by atoms with Crippen LogP contribution in [-0.4, -0.2) is 42.7 Å². The van der Waals surface area contributed by atoms with Crippen molar-refractivity contribution in [2.75, 3.05) is 24.5 Å². The highest BCUT2D eigenvalue weighted by atomic mass is 35.5. The van der Waals surface area contributed by atoms with E-state index in [4.69, 9.17) is 17.3 Å². The third-order valence-electron chi connectivity index (χ3n) is 4.84. The first-order valence-electron chi connectivity index (χ1n) is 8.10. The summed E-state index contributed by atoms with van der Waals surface area (Å²) in [6.45, 7) is 7.87. The molecule has 2 heterocycles. The summed E-state index contributed by atoms with van der Waals surface area (Å²) in [5.74, 6) is 0. The number of piperazine rings is 1.